The first-order chi connectivity index (χ1) is 13.8. The van der Waals surface area contributed by atoms with Crippen molar-refractivity contribution in [2.24, 2.45) is 0 Å². The number of benzene rings is 1. The van der Waals surface area contributed by atoms with E-state index in [4.69, 9.17) is 29.4 Å². The number of hydrogen-bond donors (Lipinski definition) is 5. The van der Waals surface area contributed by atoms with E-state index in [0.29, 0.717) is 16.9 Å². The zero-order valence-electron chi connectivity index (χ0n) is 15.2. The number of phosphoric acid groups is 3. The average Bonchev–Trinajstić information content (AvgIpc) is 2.97. The van der Waals surface area contributed by atoms with Crippen LogP contribution in [0.3, 0.4) is 0 Å². The molecule has 0 saturated carbocycles. The van der Waals surface area contributed by atoms with Gasteiger partial charge in [-0.2, -0.15) is 13.9 Å². The van der Waals surface area contributed by atoms with Gasteiger partial charge in [0.15, 0.2) is 0 Å². The second-order valence-corrected chi connectivity index (χ2v) is 10.3. The fourth-order valence-electron chi connectivity index (χ4n) is 2.60. The van der Waals surface area contributed by atoms with Gasteiger partial charge < -0.3 is 34.2 Å². The van der Waals surface area contributed by atoms with E-state index in [1.54, 1.807) is 6.07 Å². The van der Waals surface area contributed by atoms with Crippen LogP contribution < -0.4 is 4.74 Å². The summed E-state index contributed by atoms with van der Waals surface area (Å²) in [7, 11) is -15.1. The van der Waals surface area contributed by atoms with Gasteiger partial charge in [0.25, 0.3) is 0 Å². The van der Waals surface area contributed by atoms with E-state index in [1.807, 2.05) is 6.07 Å². The van der Waals surface area contributed by atoms with Crippen LogP contribution in [0.1, 0.15) is 23.7 Å². The average molecular weight is 489 g/mol. The van der Waals surface area contributed by atoms with Crippen molar-refractivity contribution in [3.05, 3.63) is 29.3 Å². The molecule has 14 nitrogen and oxygen atoms in total. The van der Waals surface area contributed by atoms with Crippen molar-refractivity contribution in [1.82, 2.24) is 0 Å². The van der Waals surface area contributed by atoms with Gasteiger partial charge in [-0.15, -0.1) is 0 Å². The van der Waals surface area contributed by atoms with Crippen molar-refractivity contribution in [1.29, 1.82) is 5.26 Å². The first-order valence-electron chi connectivity index (χ1n) is 7.95. The Kier molecular flexibility index (Phi) is 7.99. The summed E-state index contributed by atoms with van der Waals surface area (Å²) in [5, 5.41) is 19.1. The molecule has 17 heteroatoms. The molecule has 0 aliphatic carbocycles. The second-order valence-electron chi connectivity index (χ2n) is 5.92. The van der Waals surface area contributed by atoms with Crippen LogP contribution in [0, 0.1) is 11.3 Å². The lowest BCUT2D eigenvalue weighted by molar-refractivity contribution is -0.0225. The van der Waals surface area contributed by atoms with Crippen molar-refractivity contribution in [2.45, 2.75) is 24.7 Å². The van der Waals surface area contributed by atoms with Crippen LogP contribution in [0.5, 0.6) is 5.75 Å². The molecule has 5 N–H and O–H groups in total. The van der Waals surface area contributed by atoms with Gasteiger partial charge in [-0.3, -0.25) is 4.52 Å². The maximum atomic E-state index is 11.8. The first-order valence-corrected chi connectivity index (χ1v) is 12.5. The first kappa shape index (κ1) is 25.1. The van der Waals surface area contributed by atoms with Gasteiger partial charge in [0.2, 0.25) is 0 Å². The third-order valence-corrected chi connectivity index (χ3v) is 7.55. The second kappa shape index (κ2) is 9.54. The zero-order valence-corrected chi connectivity index (χ0v) is 17.9. The highest BCUT2D eigenvalue weighted by Crippen LogP contribution is 2.66. The molecule has 1 heterocycles. The van der Waals surface area contributed by atoms with E-state index >= 15 is 0 Å². The van der Waals surface area contributed by atoms with Gasteiger partial charge in [-0.05, 0) is 12.1 Å². The van der Waals surface area contributed by atoms with Crippen molar-refractivity contribution in [3.63, 3.8) is 0 Å². The topological polar surface area (TPSA) is 222 Å². The van der Waals surface area contributed by atoms with Crippen LogP contribution in [-0.4, -0.2) is 50.6 Å². The van der Waals surface area contributed by atoms with Gasteiger partial charge in [0.05, 0.1) is 37.6 Å². The summed E-state index contributed by atoms with van der Waals surface area (Å²) in [4.78, 5) is 35.6. The number of nitriles is 1. The van der Waals surface area contributed by atoms with Gasteiger partial charge in [-0.25, -0.2) is 13.7 Å². The minimum atomic E-state index is -5.64. The number of phosphoric ester groups is 1. The standard InChI is InChI=1S/C13H18NO13P3/c1-23-11-4-8(6-14)2-3-9(11)12-5-10(15)13(25-12)7-24-29(19,20)27-30(21,22)26-28(16,17)18/h2-4,10,12-13,15H,5,7H2,1H3,(H,19,20)(H,21,22)(H2,16,17,18)/t10-,12-,13-/m1/s1. The quantitative estimate of drug-likeness (QED) is 0.307. The third-order valence-electron chi connectivity index (χ3n) is 3.75. The molecular weight excluding hydrogens is 471 g/mol. The molecule has 0 amide bonds. The van der Waals surface area contributed by atoms with Crippen LogP contribution in [-0.2, 0) is 31.6 Å². The zero-order chi connectivity index (χ0) is 22.7. The lowest BCUT2D eigenvalue weighted by Crippen LogP contribution is -2.26. The third kappa shape index (κ3) is 7.21. The molecule has 1 saturated heterocycles. The maximum absolute atomic E-state index is 11.8. The highest BCUT2D eigenvalue weighted by Gasteiger charge is 2.43. The van der Waals surface area contributed by atoms with Crippen LogP contribution >= 0.6 is 23.5 Å². The summed E-state index contributed by atoms with van der Waals surface area (Å²) >= 11 is 0. The molecule has 1 aliphatic rings. The Morgan fingerprint density at radius 3 is 2.40 bits per heavy atom. The largest absolute Gasteiger partial charge is 0.496 e. The number of ether oxygens (including phenoxy) is 2. The number of nitrogens with zero attached hydrogens (tertiary/aromatic N) is 1. The van der Waals surface area contributed by atoms with E-state index in [-0.39, 0.29) is 6.42 Å². The summed E-state index contributed by atoms with van der Waals surface area (Å²) < 4.78 is 56.1. The fraction of sp³-hybridized carbons (Fsp3) is 0.462. The molecule has 2 rings (SSSR count). The van der Waals surface area contributed by atoms with Crippen molar-refractivity contribution < 1.29 is 61.0 Å². The minimum absolute atomic E-state index is 0.0344. The molecule has 0 spiro atoms. The smallest absolute Gasteiger partial charge is 0.490 e. The summed E-state index contributed by atoms with van der Waals surface area (Å²) in [6.45, 7) is -0.778. The van der Waals surface area contributed by atoms with E-state index in [9.17, 15) is 23.7 Å². The Morgan fingerprint density at radius 1 is 1.17 bits per heavy atom. The summed E-state index contributed by atoms with van der Waals surface area (Å²) in [5.74, 6) is 0.319. The molecule has 1 aliphatic heterocycles. The number of methoxy groups -OCH3 is 1. The maximum Gasteiger partial charge on any atom is 0.490 e. The van der Waals surface area contributed by atoms with Crippen molar-refractivity contribution in [2.75, 3.05) is 13.7 Å². The molecule has 30 heavy (non-hydrogen) atoms. The lowest BCUT2D eigenvalue weighted by atomic mass is 10.0. The molecule has 0 aromatic heterocycles. The van der Waals surface area contributed by atoms with E-state index in [0.717, 1.165) is 0 Å². The van der Waals surface area contributed by atoms with E-state index in [1.165, 1.54) is 19.2 Å². The summed E-state index contributed by atoms with van der Waals surface area (Å²) in [5.41, 5.74) is 0.828. The fourth-order valence-corrected chi connectivity index (χ4v) is 5.63. The van der Waals surface area contributed by atoms with E-state index < -0.39 is 48.4 Å². The highest BCUT2D eigenvalue weighted by molar-refractivity contribution is 7.66. The molecule has 0 radical (unpaired) electrons. The van der Waals surface area contributed by atoms with Gasteiger partial charge >= 0.3 is 23.5 Å². The Bertz CT molecular complexity index is 956. The van der Waals surface area contributed by atoms with Crippen LogP contribution in [0.4, 0.5) is 0 Å². The summed E-state index contributed by atoms with van der Waals surface area (Å²) in [6, 6.07) is 6.47. The molecule has 1 aromatic rings. The predicted octanol–water partition coefficient (Wildman–Crippen LogP) is 1.10. The number of hydrogen-bond acceptors (Lipinski definition) is 10. The van der Waals surface area contributed by atoms with Gasteiger partial charge in [-0.1, -0.05) is 6.07 Å². The monoisotopic (exact) mass is 489 g/mol. The Hall–Kier alpha value is -1.16. The minimum Gasteiger partial charge on any atom is -0.496 e. The molecule has 1 aromatic carbocycles. The Labute approximate surface area is 170 Å². The van der Waals surface area contributed by atoms with Crippen LogP contribution in [0.2, 0.25) is 0 Å². The summed E-state index contributed by atoms with van der Waals surface area (Å²) in [6.07, 6.45) is -3.03. The highest BCUT2D eigenvalue weighted by atomic mass is 31.3. The van der Waals surface area contributed by atoms with Crippen molar-refractivity contribution >= 4 is 23.5 Å². The predicted molar refractivity (Wildman–Crippen MR) is 95.8 cm³/mol. The molecule has 2 unspecified atom stereocenters. The van der Waals surface area contributed by atoms with Gasteiger partial charge in [0, 0.05) is 12.0 Å². The lowest BCUT2D eigenvalue weighted by Gasteiger charge is -2.19. The number of aliphatic hydroxyl groups is 1. The molecule has 5 atom stereocenters. The Balaban J connectivity index is 2.02. The van der Waals surface area contributed by atoms with Crippen LogP contribution in [0.25, 0.3) is 0 Å². The molecule has 0 bridgehead atoms. The molecule has 1 fully saturated rings. The van der Waals surface area contributed by atoms with Gasteiger partial charge in [0.1, 0.15) is 11.9 Å². The molecular formula is C13H18NO13P3. The van der Waals surface area contributed by atoms with Crippen LogP contribution in [0.15, 0.2) is 18.2 Å². The van der Waals surface area contributed by atoms with Crippen molar-refractivity contribution in [3.8, 4) is 11.8 Å². The SMILES string of the molecule is COc1cc(C#N)ccc1[C@H]1C[C@@H](O)[C@@H](COP(=O)(O)OP(=O)(O)OP(=O)(O)O)O1. The molecule has 168 valence electrons. The Morgan fingerprint density at radius 2 is 1.83 bits per heavy atom. The normalized spacial score (nSPS) is 25.8. The van der Waals surface area contributed by atoms with E-state index in [2.05, 4.69) is 13.1 Å². The number of rotatable bonds is 9. The number of aliphatic hydroxyl groups excluding tert-OH is 1.